The maximum absolute atomic E-state index is 13.7. The molecule has 0 bridgehead atoms. The number of benzene rings is 1. The number of amides is 1. The minimum atomic E-state index is -1.04. The van der Waals surface area contributed by atoms with Crippen LogP contribution in [0.5, 0.6) is 0 Å². The van der Waals surface area contributed by atoms with Gasteiger partial charge >= 0.3 is 5.97 Å². The largest absolute Gasteiger partial charge is 0.480 e. The predicted octanol–water partition coefficient (Wildman–Crippen LogP) is 2.95. The second-order valence-corrected chi connectivity index (χ2v) is 5.05. The van der Waals surface area contributed by atoms with E-state index >= 15 is 0 Å². The van der Waals surface area contributed by atoms with Gasteiger partial charge in [-0.2, -0.15) is 0 Å². The number of aryl methyl sites for hydroxylation is 1. The first-order valence-electron chi connectivity index (χ1n) is 7.34. The SMILES string of the molecule is CCN(CC(=O)O)C(=O)CCc1ccc(-c2ccccc2F)o1. The van der Waals surface area contributed by atoms with Crippen LogP contribution in [-0.4, -0.2) is 35.0 Å². The number of halogens is 1. The summed E-state index contributed by atoms with van der Waals surface area (Å²) in [7, 11) is 0. The summed E-state index contributed by atoms with van der Waals surface area (Å²) < 4.78 is 19.3. The Morgan fingerprint density at radius 3 is 2.61 bits per heavy atom. The molecule has 1 amide bonds. The van der Waals surface area contributed by atoms with Gasteiger partial charge in [0.1, 0.15) is 23.9 Å². The molecule has 2 rings (SSSR count). The van der Waals surface area contributed by atoms with Crippen molar-refractivity contribution in [3.8, 4) is 11.3 Å². The Balaban J connectivity index is 1.98. The minimum Gasteiger partial charge on any atom is -0.480 e. The summed E-state index contributed by atoms with van der Waals surface area (Å²) in [5.41, 5.74) is 0.367. The van der Waals surface area contributed by atoms with E-state index in [0.717, 1.165) is 0 Å². The zero-order valence-corrected chi connectivity index (χ0v) is 12.8. The summed E-state index contributed by atoms with van der Waals surface area (Å²) in [6, 6.07) is 9.65. The average molecular weight is 319 g/mol. The lowest BCUT2D eigenvalue weighted by molar-refractivity contribution is -0.144. The van der Waals surface area contributed by atoms with E-state index in [4.69, 9.17) is 9.52 Å². The highest BCUT2D eigenvalue weighted by molar-refractivity contribution is 5.81. The second kappa shape index (κ2) is 7.58. The van der Waals surface area contributed by atoms with Crippen LogP contribution in [0.2, 0.25) is 0 Å². The van der Waals surface area contributed by atoms with Crippen molar-refractivity contribution in [1.29, 1.82) is 0 Å². The molecule has 1 aromatic heterocycles. The molecule has 0 aliphatic heterocycles. The molecule has 0 aliphatic carbocycles. The third kappa shape index (κ3) is 4.42. The molecule has 0 spiro atoms. The highest BCUT2D eigenvalue weighted by Crippen LogP contribution is 2.25. The lowest BCUT2D eigenvalue weighted by Gasteiger charge is -2.17. The molecule has 6 heteroatoms. The zero-order chi connectivity index (χ0) is 16.8. The Morgan fingerprint density at radius 1 is 1.22 bits per heavy atom. The Morgan fingerprint density at radius 2 is 1.96 bits per heavy atom. The number of furan rings is 1. The topological polar surface area (TPSA) is 70.8 Å². The average Bonchev–Trinajstić information content (AvgIpc) is 2.99. The van der Waals surface area contributed by atoms with Gasteiger partial charge in [-0.05, 0) is 31.2 Å². The number of carboxylic acids is 1. The summed E-state index contributed by atoms with van der Waals surface area (Å²) in [6.45, 7) is 1.75. The Bertz CT molecular complexity index is 695. The maximum Gasteiger partial charge on any atom is 0.323 e. The lowest BCUT2D eigenvalue weighted by Crippen LogP contribution is -2.35. The molecule has 0 saturated heterocycles. The van der Waals surface area contributed by atoms with Crippen LogP contribution in [0.4, 0.5) is 4.39 Å². The number of carbonyl (C=O) groups excluding carboxylic acids is 1. The highest BCUT2D eigenvalue weighted by Gasteiger charge is 2.16. The minimum absolute atomic E-state index is 0.144. The first-order chi connectivity index (χ1) is 11.0. The normalized spacial score (nSPS) is 10.5. The molecule has 5 nitrogen and oxygen atoms in total. The number of hydrogen-bond donors (Lipinski definition) is 1. The summed E-state index contributed by atoms with van der Waals surface area (Å²) in [6.07, 6.45) is 0.481. The van der Waals surface area contributed by atoms with Crippen LogP contribution in [-0.2, 0) is 16.0 Å². The van der Waals surface area contributed by atoms with Gasteiger partial charge in [-0.15, -0.1) is 0 Å². The van der Waals surface area contributed by atoms with Gasteiger partial charge in [-0.25, -0.2) is 4.39 Å². The van der Waals surface area contributed by atoms with Gasteiger partial charge in [0.2, 0.25) is 5.91 Å². The zero-order valence-electron chi connectivity index (χ0n) is 12.8. The van der Waals surface area contributed by atoms with E-state index in [1.165, 1.54) is 11.0 Å². The van der Waals surface area contributed by atoms with Gasteiger partial charge in [-0.1, -0.05) is 12.1 Å². The van der Waals surface area contributed by atoms with E-state index in [0.29, 0.717) is 30.0 Å². The monoisotopic (exact) mass is 319 g/mol. The van der Waals surface area contributed by atoms with Crippen LogP contribution in [0.3, 0.4) is 0 Å². The molecule has 122 valence electrons. The van der Waals surface area contributed by atoms with E-state index in [2.05, 4.69) is 0 Å². The molecular formula is C17H18FNO4. The van der Waals surface area contributed by atoms with Gasteiger partial charge in [0.25, 0.3) is 0 Å². The van der Waals surface area contributed by atoms with E-state index in [1.54, 1.807) is 37.3 Å². The first-order valence-corrected chi connectivity index (χ1v) is 7.34. The lowest BCUT2D eigenvalue weighted by atomic mass is 10.1. The first kappa shape index (κ1) is 16.7. The van der Waals surface area contributed by atoms with E-state index in [-0.39, 0.29) is 24.7 Å². The van der Waals surface area contributed by atoms with Gasteiger partial charge in [0.15, 0.2) is 0 Å². The van der Waals surface area contributed by atoms with Crippen molar-refractivity contribution in [2.75, 3.05) is 13.1 Å². The van der Waals surface area contributed by atoms with Crippen molar-refractivity contribution in [3.63, 3.8) is 0 Å². The molecule has 2 aromatic rings. The van der Waals surface area contributed by atoms with Crippen LogP contribution < -0.4 is 0 Å². The fourth-order valence-electron chi connectivity index (χ4n) is 2.25. The number of likely N-dealkylation sites (N-methyl/N-ethyl adjacent to an activating group) is 1. The number of rotatable bonds is 7. The van der Waals surface area contributed by atoms with Crippen molar-refractivity contribution in [2.45, 2.75) is 19.8 Å². The fraction of sp³-hybridized carbons (Fsp3) is 0.294. The van der Waals surface area contributed by atoms with Crippen LogP contribution >= 0.6 is 0 Å². The predicted molar refractivity (Wildman–Crippen MR) is 82.3 cm³/mol. The van der Waals surface area contributed by atoms with Gasteiger partial charge in [-0.3, -0.25) is 9.59 Å². The number of hydrogen-bond acceptors (Lipinski definition) is 3. The molecule has 1 heterocycles. The summed E-state index contributed by atoms with van der Waals surface area (Å²) >= 11 is 0. The van der Waals surface area contributed by atoms with Crippen molar-refractivity contribution < 1.29 is 23.5 Å². The molecule has 1 aromatic carbocycles. The molecule has 0 atom stereocenters. The number of aliphatic carboxylic acids is 1. The third-order valence-corrected chi connectivity index (χ3v) is 3.45. The van der Waals surface area contributed by atoms with E-state index in [1.807, 2.05) is 0 Å². The Labute approximate surface area is 133 Å². The van der Waals surface area contributed by atoms with Crippen LogP contribution in [0.15, 0.2) is 40.8 Å². The van der Waals surface area contributed by atoms with Gasteiger partial charge < -0.3 is 14.4 Å². The van der Waals surface area contributed by atoms with Crippen molar-refractivity contribution in [1.82, 2.24) is 4.90 Å². The molecule has 0 unspecified atom stereocenters. The Hall–Kier alpha value is -2.63. The van der Waals surface area contributed by atoms with Crippen LogP contribution in [0, 0.1) is 5.82 Å². The number of carboxylic acid groups (broad SMARTS) is 1. The van der Waals surface area contributed by atoms with Gasteiger partial charge in [0, 0.05) is 19.4 Å². The van der Waals surface area contributed by atoms with Crippen molar-refractivity contribution in [2.24, 2.45) is 0 Å². The molecule has 23 heavy (non-hydrogen) atoms. The van der Waals surface area contributed by atoms with Gasteiger partial charge in [0.05, 0.1) is 5.56 Å². The number of carbonyl (C=O) groups is 2. The maximum atomic E-state index is 13.7. The molecule has 0 radical (unpaired) electrons. The summed E-state index contributed by atoms with van der Waals surface area (Å²) in [5, 5.41) is 8.76. The Kier molecular flexibility index (Phi) is 5.51. The quantitative estimate of drug-likeness (QED) is 0.852. The fourth-order valence-corrected chi connectivity index (χ4v) is 2.25. The smallest absolute Gasteiger partial charge is 0.323 e. The molecule has 1 N–H and O–H groups in total. The summed E-state index contributed by atoms with van der Waals surface area (Å²) in [5.74, 6) is -0.701. The molecule has 0 fully saturated rings. The molecule has 0 aliphatic rings. The number of nitrogens with zero attached hydrogens (tertiary/aromatic N) is 1. The highest BCUT2D eigenvalue weighted by atomic mass is 19.1. The summed E-state index contributed by atoms with van der Waals surface area (Å²) in [4.78, 5) is 23.9. The van der Waals surface area contributed by atoms with Crippen LogP contribution in [0.25, 0.3) is 11.3 Å². The standard InChI is InChI=1S/C17H18FNO4/c1-2-19(11-17(21)22)16(20)10-8-12-7-9-15(23-12)13-5-3-4-6-14(13)18/h3-7,9H,2,8,10-11H2,1H3,(H,21,22). The second-order valence-electron chi connectivity index (χ2n) is 5.05. The van der Waals surface area contributed by atoms with Crippen molar-refractivity contribution >= 4 is 11.9 Å². The third-order valence-electron chi connectivity index (χ3n) is 3.45. The molecular weight excluding hydrogens is 301 g/mol. The molecule has 0 saturated carbocycles. The van der Waals surface area contributed by atoms with E-state index < -0.39 is 5.97 Å². The van der Waals surface area contributed by atoms with Crippen molar-refractivity contribution in [3.05, 3.63) is 48.0 Å². The van der Waals surface area contributed by atoms with Crippen LogP contribution in [0.1, 0.15) is 19.1 Å². The van der Waals surface area contributed by atoms with E-state index in [9.17, 15) is 14.0 Å².